The number of carbonyl (C=O) groups excluding carboxylic acids is 1. The molecule has 0 aromatic carbocycles. The van der Waals surface area contributed by atoms with Crippen LogP contribution in [0.15, 0.2) is 18.3 Å². The molecular weight excluding hydrogens is 288 g/mol. The van der Waals surface area contributed by atoms with E-state index in [0.29, 0.717) is 12.0 Å². The van der Waals surface area contributed by atoms with Crippen molar-refractivity contribution in [2.24, 2.45) is 5.92 Å². The summed E-state index contributed by atoms with van der Waals surface area (Å²) in [7, 11) is 3.91. The van der Waals surface area contributed by atoms with Crippen molar-refractivity contribution in [3.63, 3.8) is 0 Å². The number of likely N-dealkylation sites (tertiary alicyclic amines) is 1. The molecule has 1 aromatic rings. The van der Waals surface area contributed by atoms with Gasteiger partial charge < -0.3 is 15.1 Å². The lowest BCUT2D eigenvalue weighted by Crippen LogP contribution is -2.43. The van der Waals surface area contributed by atoms with E-state index in [9.17, 15) is 4.79 Å². The van der Waals surface area contributed by atoms with Crippen LogP contribution in [0.25, 0.3) is 0 Å². The lowest BCUT2D eigenvalue weighted by molar-refractivity contribution is 0.178. The van der Waals surface area contributed by atoms with Crippen molar-refractivity contribution in [3.05, 3.63) is 18.3 Å². The molecule has 1 saturated heterocycles. The van der Waals surface area contributed by atoms with Gasteiger partial charge in [0.25, 0.3) is 0 Å². The van der Waals surface area contributed by atoms with Gasteiger partial charge in [0.1, 0.15) is 5.82 Å². The summed E-state index contributed by atoms with van der Waals surface area (Å²) >= 11 is 0. The number of hydrogen-bond acceptors (Lipinski definition) is 3. The summed E-state index contributed by atoms with van der Waals surface area (Å²) < 4.78 is 0. The van der Waals surface area contributed by atoms with Crippen LogP contribution in [0.2, 0.25) is 0 Å². The van der Waals surface area contributed by atoms with Crippen LogP contribution < -0.4 is 10.2 Å². The summed E-state index contributed by atoms with van der Waals surface area (Å²) in [5.41, 5.74) is 0.758. The van der Waals surface area contributed by atoms with Crippen molar-refractivity contribution in [2.75, 3.05) is 30.9 Å². The van der Waals surface area contributed by atoms with Gasteiger partial charge in [-0.1, -0.05) is 26.7 Å². The average Bonchev–Trinajstić information content (AvgIpc) is 2.72. The maximum atomic E-state index is 12.7. The molecule has 1 aromatic heterocycles. The Morgan fingerprint density at radius 3 is 2.74 bits per heavy atom. The number of nitrogens with one attached hydrogen (secondary N) is 1. The number of hydrogen-bond donors (Lipinski definition) is 1. The highest BCUT2D eigenvalue weighted by atomic mass is 16.2. The first-order chi connectivity index (χ1) is 11.0. The summed E-state index contributed by atoms with van der Waals surface area (Å²) in [5, 5.41) is 3.01. The summed E-state index contributed by atoms with van der Waals surface area (Å²) in [6.07, 6.45) is 7.45. The molecule has 5 nitrogen and oxygen atoms in total. The molecule has 5 heteroatoms. The Kier molecular flexibility index (Phi) is 6.25. The second-order valence-electron chi connectivity index (χ2n) is 7.06. The number of urea groups is 1. The third-order valence-corrected chi connectivity index (χ3v) is 4.34. The van der Waals surface area contributed by atoms with Gasteiger partial charge in [-0.2, -0.15) is 0 Å². The van der Waals surface area contributed by atoms with Crippen LogP contribution in [0.4, 0.5) is 16.3 Å². The second-order valence-corrected chi connectivity index (χ2v) is 7.06. The molecule has 128 valence electrons. The van der Waals surface area contributed by atoms with Crippen LogP contribution in [0.3, 0.4) is 0 Å². The van der Waals surface area contributed by atoms with Crippen LogP contribution in [-0.2, 0) is 0 Å². The van der Waals surface area contributed by atoms with E-state index in [1.165, 1.54) is 12.8 Å². The number of anilines is 2. The zero-order chi connectivity index (χ0) is 16.8. The SMILES string of the molecule is CC(C)C[C@H]1CCCCCN1C(=O)Nc1ccc(N(C)C)nc1. The predicted octanol–water partition coefficient (Wildman–Crippen LogP) is 3.97. The van der Waals surface area contributed by atoms with E-state index in [1.54, 1.807) is 6.20 Å². The van der Waals surface area contributed by atoms with Gasteiger partial charge in [-0.25, -0.2) is 9.78 Å². The molecule has 1 fully saturated rings. The van der Waals surface area contributed by atoms with Gasteiger partial charge in [0.15, 0.2) is 0 Å². The fraction of sp³-hybridized carbons (Fsp3) is 0.667. The smallest absolute Gasteiger partial charge is 0.322 e. The zero-order valence-electron chi connectivity index (χ0n) is 14.9. The molecular formula is C18H30N4O. The third kappa shape index (κ3) is 5.12. The fourth-order valence-corrected chi connectivity index (χ4v) is 3.15. The highest BCUT2D eigenvalue weighted by Gasteiger charge is 2.26. The number of amides is 2. The maximum Gasteiger partial charge on any atom is 0.322 e. The van der Waals surface area contributed by atoms with Crippen molar-refractivity contribution in [3.8, 4) is 0 Å². The molecule has 2 rings (SSSR count). The number of nitrogens with zero attached hydrogens (tertiary/aromatic N) is 3. The molecule has 0 radical (unpaired) electrons. The molecule has 0 saturated carbocycles. The van der Waals surface area contributed by atoms with Crippen LogP contribution in [0.1, 0.15) is 46.0 Å². The van der Waals surface area contributed by atoms with Crippen LogP contribution in [0, 0.1) is 5.92 Å². The number of carbonyl (C=O) groups is 1. The number of rotatable bonds is 4. The van der Waals surface area contributed by atoms with Gasteiger partial charge >= 0.3 is 6.03 Å². The number of pyridine rings is 1. The van der Waals surface area contributed by atoms with Gasteiger partial charge in [0.2, 0.25) is 0 Å². The largest absolute Gasteiger partial charge is 0.363 e. The minimum Gasteiger partial charge on any atom is -0.363 e. The lowest BCUT2D eigenvalue weighted by Gasteiger charge is -2.31. The molecule has 1 aliphatic rings. The van der Waals surface area contributed by atoms with E-state index < -0.39 is 0 Å². The van der Waals surface area contributed by atoms with Crippen molar-refractivity contribution in [2.45, 2.75) is 52.0 Å². The van der Waals surface area contributed by atoms with E-state index in [4.69, 9.17) is 0 Å². The average molecular weight is 318 g/mol. The molecule has 23 heavy (non-hydrogen) atoms. The quantitative estimate of drug-likeness (QED) is 0.914. The Hall–Kier alpha value is -1.78. The topological polar surface area (TPSA) is 48.5 Å². The molecule has 1 N–H and O–H groups in total. The van der Waals surface area contributed by atoms with E-state index in [0.717, 1.165) is 37.3 Å². The Morgan fingerprint density at radius 1 is 1.35 bits per heavy atom. The van der Waals surface area contributed by atoms with Gasteiger partial charge in [-0.15, -0.1) is 0 Å². The first kappa shape index (κ1) is 17.6. The van der Waals surface area contributed by atoms with Crippen LogP contribution >= 0.6 is 0 Å². The summed E-state index contributed by atoms with van der Waals surface area (Å²) in [6, 6.07) is 4.20. The minimum absolute atomic E-state index is 0.0111. The van der Waals surface area contributed by atoms with Gasteiger partial charge in [0.05, 0.1) is 11.9 Å². The first-order valence-electron chi connectivity index (χ1n) is 8.68. The molecule has 0 spiro atoms. The number of aromatic nitrogens is 1. The van der Waals surface area contributed by atoms with Crippen molar-refractivity contribution < 1.29 is 4.79 Å². The zero-order valence-corrected chi connectivity index (χ0v) is 14.9. The van der Waals surface area contributed by atoms with Crippen LogP contribution in [-0.4, -0.2) is 42.6 Å². The highest BCUT2D eigenvalue weighted by Crippen LogP contribution is 2.23. The van der Waals surface area contributed by atoms with E-state index in [2.05, 4.69) is 24.1 Å². The molecule has 0 bridgehead atoms. The van der Waals surface area contributed by atoms with Crippen molar-refractivity contribution >= 4 is 17.5 Å². The van der Waals surface area contributed by atoms with Crippen molar-refractivity contribution in [1.29, 1.82) is 0 Å². The lowest BCUT2D eigenvalue weighted by atomic mass is 9.99. The molecule has 2 amide bonds. The Labute approximate surface area is 140 Å². The van der Waals surface area contributed by atoms with E-state index in [1.807, 2.05) is 36.0 Å². The summed E-state index contributed by atoms with van der Waals surface area (Å²) in [6.45, 7) is 5.31. The van der Waals surface area contributed by atoms with Gasteiger partial charge in [0, 0.05) is 26.7 Å². The Bertz CT molecular complexity index is 498. The minimum atomic E-state index is 0.0111. The third-order valence-electron chi connectivity index (χ3n) is 4.34. The summed E-state index contributed by atoms with van der Waals surface area (Å²) in [4.78, 5) is 21.0. The van der Waals surface area contributed by atoms with Gasteiger partial charge in [-0.3, -0.25) is 0 Å². The normalized spacial score (nSPS) is 18.7. The first-order valence-corrected chi connectivity index (χ1v) is 8.68. The van der Waals surface area contributed by atoms with E-state index in [-0.39, 0.29) is 6.03 Å². The Balaban J connectivity index is 2.03. The maximum absolute atomic E-state index is 12.7. The molecule has 0 unspecified atom stereocenters. The molecule has 0 aliphatic carbocycles. The van der Waals surface area contributed by atoms with Crippen LogP contribution in [0.5, 0.6) is 0 Å². The van der Waals surface area contributed by atoms with Gasteiger partial charge in [-0.05, 0) is 37.3 Å². The summed E-state index contributed by atoms with van der Waals surface area (Å²) in [5.74, 6) is 1.49. The monoisotopic (exact) mass is 318 g/mol. The molecule has 1 atom stereocenters. The highest BCUT2D eigenvalue weighted by molar-refractivity contribution is 5.89. The Morgan fingerprint density at radius 2 is 2.13 bits per heavy atom. The second kappa shape index (κ2) is 8.18. The van der Waals surface area contributed by atoms with E-state index >= 15 is 0 Å². The van der Waals surface area contributed by atoms with Crippen molar-refractivity contribution in [1.82, 2.24) is 9.88 Å². The predicted molar refractivity (Wildman–Crippen MR) is 96.0 cm³/mol. The molecule has 2 heterocycles. The standard InChI is InChI=1S/C18H30N4O/c1-14(2)12-16-8-6-5-7-11-22(16)18(23)20-15-9-10-17(19-13-15)21(3)4/h9-10,13-14,16H,5-8,11-12H2,1-4H3,(H,20,23)/t16-/m1/s1. The fourth-order valence-electron chi connectivity index (χ4n) is 3.15. The molecule has 1 aliphatic heterocycles.